The lowest BCUT2D eigenvalue weighted by molar-refractivity contribution is 0.0927. The second kappa shape index (κ2) is 7.39. The van der Waals surface area contributed by atoms with E-state index in [0.29, 0.717) is 24.0 Å². The van der Waals surface area contributed by atoms with Crippen LogP contribution in [0.1, 0.15) is 17.7 Å². The number of hydrogen-bond donors (Lipinski definition) is 0. The molecule has 1 saturated heterocycles. The molecular formula is C14H15Cl2NO3S3. The van der Waals surface area contributed by atoms with Gasteiger partial charge >= 0.3 is 0 Å². The molecule has 1 unspecified atom stereocenters. The summed E-state index contributed by atoms with van der Waals surface area (Å²) in [5, 5.41) is 1.93. The normalized spacial score (nSPS) is 18.8. The molecule has 0 spiro atoms. The van der Waals surface area contributed by atoms with Crippen molar-refractivity contribution in [2.45, 2.75) is 30.4 Å². The monoisotopic (exact) mass is 411 g/mol. The first-order chi connectivity index (χ1) is 11.0. The molecular weight excluding hydrogens is 397 g/mol. The Bertz CT molecular complexity index is 752. The van der Waals surface area contributed by atoms with E-state index in [1.165, 1.54) is 21.7 Å². The highest BCUT2D eigenvalue weighted by Crippen LogP contribution is 2.36. The number of hydrogen-bond acceptors (Lipinski definition) is 5. The Morgan fingerprint density at radius 2 is 2.22 bits per heavy atom. The SMILES string of the molecule is O=S(=O)(c1cc(Cl)sc1Cl)N(Cc1cccs1)CC1CCCO1. The van der Waals surface area contributed by atoms with Crippen LogP contribution in [0.5, 0.6) is 0 Å². The molecule has 0 N–H and O–H groups in total. The maximum atomic E-state index is 13.0. The summed E-state index contributed by atoms with van der Waals surface area (Å²) in [7, 11) is -3.72. The van der Waals surface area contributed by atoms with Gasteiger partial charge in [0.2, 0.25) is 10.0 Å². The highest BCUT2D eigenvalue weighted by atomic mass is 35.5. The van der Waals surface area contributed by atoms with E-state index in [-0.39, 0.29) is 15.3 Å². The Hall–Kier alpha value is -0.150. The first kappa shape index (κ1) is 17.7. The van der Waals surface area contributed by atoms with Crippen LogP contribution in [-0.2, 0) is 21.3 Å². The fraction of sp³-hybridized carbons (Fsp3) is 0.429. The molecule has 0 radical (unpaired) electrons. The van der Waals surface area contributed by atoms with Crippen molar-refractivity contribution < 1.29 is 13.2 Å². The highest BCUT2D eigenvalue weighted by molar-refractivity contribution is 7.89. The number of halogens is 2. The lowest BCUT2D eigenvalue weighted by Crippen LogP contribution is -2.36. The lowest BCUT2D eigenvalue weighted by Gasteiger charge is -2.24. The number of nitrogens with zero attached hydrogens (tertiary/aromatic N) is 1. The Balaban J connectivity index is 1.90. The summed E-state index contributed by atoms with van der Waals surface area (Å²) in [5.74, 6) is 0. The molecule has 3 rings (SSSR count). The Kier molecular flexibility index (Phi) is 5.68. The van der Waals surface area contributed by atoms with Crippen LogP contribution < -0.4 is 0 Å². The van der Waals surface area contributed by atoms with Crippen molar-refractivity contribution in [2.24, 2.45) is 0 Å². The van der Waals surface area contributed by atoms with Gasteiger partial charge in [-0.15, -0.1) is 22.7 Å². The van der Waals surface area contributed by atoms with Crippen LogP contribution in [0, 0.1) is 0 Å². The van der Waals surface area contributed by atoms with Gasteiger partial charge in [0.1, 0.15) is 9.23 Å². The third-order valence-corrected chi connectivity index (χ3v) is 8.01. The molecule has 0 saturated carbocycles. The van der Waals surface area contributed by atoms with E-state index in [1.807, 2.05) is 17.5 Å². The van der Waals surface area contributed by atoms with Crippen LogP contribution >= 0.6 is 45.9 Å². The molecule has 1 atom stereocenters. The van der Waals surface area contributed by atoms with Crippen LogP contribution in [0.2, 0.25) is 8.67 Å². The summed E-state index contributed by atoms with van der Waals surface area (Å²) >= 11 is 14.6. The van der Waals surface area contributed by atoms with E-state index < -0.39 is 10.0 Å². The highest BCUT2D eigenvalue weighted by Gasteiger charge is 2.32. The van der Waals surface area contributed by atoms with Crippen LogP contribution in [0.3, 0.4) is 0 Å². The number of sulfonamides is 1. The topological polar surface area (TPSA) is 46.6 Å². The van der Waals surface area contributed by atoms with Gasteiger partial charge in [-0.05, 0) is 30.4 Å². The van der Waals surface area contributed by atoms with E-state index in [4.69, 9.17) is 27.9 Å². The predicted octanol–water partition coefficient (Wildman–Crippen LogP) is 4.49. The average Bonchev–Trinajstić information content (AvgIpc) is 3.21. The van der Waals surface area contributed by atoms with Crippen LogP contribution in [0.4, 0.5) is 0 Å². The molecule has 126 valence electrons. The average molecular weight is 412 g/mol. The minimum atomic E-state index is -3.72. The fourth-order valence-electron chi connectivity index (χ4n) is 2.48. The van der Waals surface area contributed by atoms with Gasteiger partial charge < -0.3 is 4.74 Å². The van der Waals surface area contributed by atoms with Gasteiger partial charge in [-0.25, -0.2) is 8.42 Å². The maximum Gasteiger partial charge on any atom is 0.245 e. The maximum absolute atomic E-state index is 13.0. The standard InChI is InChI=1S/C14H15Cl2NO3S3/c15-13-7-12(14(16)22-13)23(18,19)17(8-10-3-1-5-20-10)9-11-4-2-6-21-11/h2,4,6-7,10H,1,3,5,8-9H2. The van der Waals surface area contributed by atoms with E-state index in [1.54, 1.807) is 0 Å². The van der Waals surface area contributed by atoms with Crippen molar-refractivity contribution in [1.82, 2.24) is 4.31 Å². The van der Waals surface area contributed by atoms with E-state index in [2.05, 4.69) is 0 Å². The summed E-state index contributed by atoms with van der Waals surface area (Å²) in [6, 6.07) is 5.25. The summed E-state index contributed by atoms with van der Waals surface area (Å²) in [6.45, 7) is 1.32. The minimum absolute atomic E-state index is 0.0716. The fourth-order valence-corrected chi connectivity index (χ4v) is 6.84. The van der Waals surface area contributed by atoms with E-state index in [0.717, 1.165) is 29.1 Å². The van der Waals surface area contributed by atoms with E-state index >= 15 is 0 Å². The van der Waals surface area contributed by atoms with Gasteiger partial charge in [-0.2, -0.15) is 4.31 Å². The molecule has 1 aliphatic heterocycles. The van der Waals surface area contributed by atoms with Crippen LogP contribution in [0.25, 0.3) is 0 Å². The lowest BCUT2D eigenvalue weighted by atomic mass is 10.2. The zero-order chi connectivity index (χ0) is 16.4. The summed E-state index contributed by atoms with van der Waals surface area (Å²) in [5.41, 5.74) is 0. The molecule has 0 aliphatic carbocycles. The zero-order valence-corrected chi connectivity index (χ0v) is 16.0. The minimum Gasteiger partial charge on any atom is -0.377 e. The van der Waals surface area contributed by atoms with Gasteiger partial charge in [-0.3, -0.25) is 0 Å². The van der Waals surface area contributed by atoms with Crippen molar-refractivity contribution in [3.05, 3.63) is 37.1 Å². The predicted molar refractivity (Wildman–Crippen MR) is 95.2 cm³/mol. The van der Waals surface area contributed by atoms with Crippen molar-refractivity contribution >= 4 is 55.9 Å². The smallest absolute Gasteiger partial charge is 0.245 e. The van der Waals surface area contributed by atoms with Gasteiger partial charge in [0.05, 0.1) is 10.4 Å². The molecule has 2 aromatic heterocycles. The molecule has 4 nitrogen and oxygen atoms in total. The zero-order valence-electron chi connectivity index (χ0n) is 12.1. The van der Waals surface area contributed by atoms with Crippen molar-refractivity contribution in [3.63, 3.8) is 0 Å². The number of rotatable bonds is 6. The first-order valence-corrected chi connectivity index (χ1v) is 10.9. The van der Waals surface area contributed by atoms with Crippen molar-refractivity contribution in [3.8, 4) is 0 Å². The Morgan fingerprint density at radius 3 is 2.78 bits per heavy atom. The molecule has 2 aromatic rings. The number of thiophene rings is 2. The largest absolute Gasteiger partial charge is 0.377 e. The van der Waals surface area contributed by atoms with Crippen molar-refractivity contribution in [1.29, 1.82) is 0 Å². The second-order valence-electron chi connectivity index (χ2n) is 5.20. The summed E-state index contributed by atoms with van der Waals surface area (Å²) < 4.78 is 33.6. The van der Waals surface area contributed by atoms with Gasteiger partial charge in [-0.1, -0.05) is 29.3 Å². The summed E-state index contributed by atoms with van der Waals surface area (Å²) in [6.07, 6.45) is 1.76. The van der Waals surface area contributed by atoms with Crippen molar-refractivity contribution in [2.75, 3.05) is 13.2 Å². The van der Waals surface area contributed by atoms with Gasteiger partial charge in [0.15, 0.2) is 0 Å². The first-order valence-electron chi connectivity index (χ1n) is 7.06. The van der Waals surface area contributed by atoms with Crippen LogP contribution in [0.15, 0.2) is 28.5 Å². The molecule has 3 heterocycles. The molecule has 0 amide bonds. The quantitative estimate of drug-likeness (QED) is 0.703. The molecule has 1 aliphatic rings. The van der Waals surface area contributed by atoms with Crippen LogP contribution in [-0.4, -0.2) is 32.0 Å². The second-order valence-corrected chi connectivity index (χ2v) is 10.4. The van der Waals surface area contributed by atoms with Gasteiger partial charge in [0, 0.05) is 24.6 Å². The molecule has 23 heavy (non-hydrogen) atoms. The van der Waals surface area contributed by atoms with Gasteiger partial charge in [0.25, 0.3) is 0 Å². The third-order valence-electron chi connectivity index (χ3n) is 3.59. The third kappa shape index (κ3) is 4.10. The molecule has 1 fully saturated rings. The molecule has 0 aromatic carbocycles. The summed E-state index contributed by atoms with van der Waals surface area (Å²) in [4.78, 5) is 1.05. The number of ether oxygens (including phenoxy) is 1. The Morgan fingerprint density at radius 1 is 1.39 bits per heavy atom. The molecule has 0 bridgehead atoms. The molecule has 9 heteroatoms. The van der Waals surface area contributed by atoms with E-state index in [9.17, 15) is 8.42 Å². The Labute approximate surface area is 153 Å².